The van der Waals surface area contributed by atoms with Gasteiger partial charge in [0.2, 0.25) is 0 Å². The van der Waals surface area contributed by atoms with Gasteiger partial charge in [-0.2, -0.15) is 5.10 Å². The molecule has 0 aromatic carbocycles. The molecule has 0 bridgehead atoms. The van der Waals surface area contributed by atoms with E-state index in [1.165, 1.54) is 0 Å². The Labute approximate surface area is 133 Å². The van der Waals surface area contributed by atoms with E-state index in [1.807, 2.05) is 12.1 Å². The number of aromatic amines is 1. The van der Waals surface area contributed by atoms with E-state index in [-0.39, 0.29) is 18.0 Å². The molecule has 0 saturated carbocycles. The van der Waals surface area contributed by atoms with Gasteiger partial charge in [-0.15, -0.1) is 12.4 Å². The summed E-state index contributed by atoms with van der Waals surface area (Å²) < 4.78 is 11.4. The number of furan rings is 1. The van der Waals surface area contributed by atoms with Gasteiger partial charge >= 0.3 is 0 Å². The number of rotatable bonds is 1. The maximum Gasteiger partial charge on any atom is 0.184 e. The number of aromatic nitrogens is 3. The molecule has 7 heteroatoms. The summed E-state index contributed by atoms with van der Waals surface area (Å²) >= 11 is 0. The third-order valence-electron chi connectivity index (χ3n) is 3.91. The number of nitrogen functional groups attached to an aromatic ring is 1. The lowest BCUT2D eigenvalue weighted by Gasteiger charge is -2.32. The summed E-state index contributed by atoms with van der Waals surface area (Å²) in [7, 11) is 0. The van der Waals surface area contributed by atoms with Gasteiger partial charge in [-0.25, -0.2) is 4.98 Å². The number of nitrogens with zero attached hydrogens (tertiary/aromatic N) is 2. The average Bonchev–Trinajstić information content (AvgIpc) is 3.06. The number of halogens is 1. The van der Waals surface area contributed by atoms with E-state index in [1.54, 1.807) is 6.26 Å². The fourth-order valence-corrected chi connectivity index (χ4v) is 2.90. The second-order valence-corrected chi connectivity index (χ2v) is 5.96. The Bertz CT molecular complexity index is 824. The van der Waals surface area contributed by atoms with Gasteiger partial charge in [-0.1, -0.05) is 0 Å². The Morgan fingerprint density at radius 3 is 2.86 bits per heavy atom. The monoisotopic (exact) mass is 320 g/mol. The Kier molecular flexibility index (Phi) is 3.38. The summed E-state index contributed by atoms with van der Waals surface area (Å²) in [6.45, 7) is 4.64. The van der Waals surface area contributed by atoms with Gasteiger partial charge in [-0.3, -0.25) is 5.10 Å². The van der Waals surface area contributed by atoms with Gasteiger partial charge in [-0.05, 0) is 31.5 Å². The molecule has 4 rings (SSSR count). The summed E-state index contributed by atoms with van der Waals surface area (Å²) in [5.41, 5.74) is 9.39. The molecule has 0 atom stereocenters. The number of anilines is 1. The lowest BCUT2D eigenvalue weighted by Crippen LogP contribution is -2.32. The number of nitrogens with one attached hydrogen (secondary N) is 1. The second kappa shape index (κ2) is 5.00. The van der Waals surface area contributed by atoms with Gasteiger partial charge in [0.25, 0.3) is 0 Å². The molecule has 116 valence electrons. The van der Waals surface area contributed by atoms with Crippen molar-refractivity contribution < 1.29 is 9.15 Å². The van der Waals surface area contributed by atoms with Crippen molar-refractivity contribution in [3.63, 3.8) is 0 Å². The predicted octanol–water partition coefficient (Wildman–Crippen LogP) is 3.07. The highest BCUT2D eigenvalue weighted by Crippen LogP contribution is 2.38. The van der Waals surface area contributed by atoms with Crippen molar-refractivity contribution in [3.05, 3.63) is 29.5 Å². The van der Waals surface area contributed by atoms with Crippen LogP contribution in [0.15, 0.2) is 22.8 Å². The standard InChI is InChI=1S/C15H16N4O2.ClH/c1-15(2)6-8-9(7-21-15)12(10-4-3-5-20-10)17-14-11(8)13(16)18-19-14;/h3-5H,6-7H2,1-2H3,(H3,16,17,18,19);1H. The van der Waals surface area contributed by atoms with Crippen molar-refractivity contribution in [1.29, 1.82) is 0 Å². The molecular formula is C15H17ClN4O2. The zero-order chi connectivity index (χ0) is 14.6. The Balaban J connectivity index is 0.00000144. The maximum atomic E-state index is 6.04. The van der Waals surface area contributed by atoms with Crippen molar-refractivity contribution in [2.75, 3.05) is 5.73 Å². The fourth-order valence-electron chi connectivity index (χ4n) is 2.90. The van der Waals surface area contributed by atoms with Crippen LogP contribution in [0.25, 0.3) is 22.5 Å². The van der Waals surface area contributed by atoms with Gasteiger partial charge in [0, 0.05) is 12.0 Å². The van der Waals surface area contributed by atoms with Gasteiger partial charge < -0.3 is 14.9 Å². The van der Waals surface area contributed by atoms with E-state index in [0.29, 0.717) is 18.1 Å². The summed E-state index contributed by atoms with van der Waals surface area (Å²) in [6, 6.07) is 3.74. The largest absolute Gasteiger partial charge is 0.463 e. The van der Waals surface area contributed by atoms with Crippen LogP contribution < -0.4 is 5.73 Å². The molecule has 1 aliphatic rings. The van der Waals surface area contributed by atoms with Crippen molar-refractivity contribution in [1.82, 2.24) is 15.2 Å². The molecular weight excluding hydrogens is 304 g/mol. The van der Waals surface area contributed by atoms with Crippen LogP contribution in [0.5, 0.6) is 0 Å². The zero-order valence-electron chi connectivity index (χ0n) is 12.3. The quantitative estimate of drug-likeness (QED) is 0.719. The van der Waals surface area contributed by atoms with Crippen LogP contribution in [0.4, 0.5) is 5.82 Å². The molecule has 0 fully saturated rings. The minimum Gasteiger partial charge on any atom is -0.463 e. The number of hydrogen-bond acceptors (Lipinski definition) is 5. The van der Waals surface area contributed by atoms with Crippen LogP contribution in [0.1, 0.15) is 25.0 Å². The first kappa shape index (κ1) is 14.9. The maximum absolute atomic E-state index is 6.04. The predicted molar refractivity (Wildman–Crippen MR) is 85.8 cm³/mol. The Hall–Kier alpha value is -2.05. The molecule has 1 aliphatic heterocycles. The second-order valence-electron chi connectivity index (χ2n) is 5.96. The van der Waals surface area contributed by atoms with Crippen LogP contribution in [0.3, 0.4) is 0 Å². The molecule has 0 aliphatic carbocycles. The SMILES string of the molecule is CC1(C)Cc2c(c(-c3ccco3)nc3n[nH]c(N)c23)CO1.Cl. The van der Waals surface area contributed by atoms with Crippen LogP contribution in [-0.4, -0.2) is 20.8 Å². The minimum atomic E-state index is -0.231. The Morgan fingerprint density at radius 1 is 1.32 bits per heavy atom. The number of hydrogen-bond donors (Lipinski definition) is 2. The lowest BCUT2D eigenvalue weighted by molar-refractivity contribution is -0.0395. The molecule has 6 nitrogen and oxygen atoms in total. The number of pyridine rings is 1. The molecule has 3 N–H and O–H groups in total. The van der Waals surface area contributed by atoms with E-state index < -0.39 is 0 Å². The normalized spacial score (nSPS) is 16.3. The zero-order valence-corrected chi connectivity index (χ0v) is 13.2. The minimum absolute atomic E-state index is 0. The van der Waals surface area contributed by atoms with Crippen LogP contribution >= 0.6 is 12.4 Å². The average molecular weight is 321 g/mol. The molecule has 0 saturated heterocycles. The summed E-state index contributed by atoms with van der Waals surface area (Å²) in [4.78, 5) is 4.60. The fraction of sp³-hybridized carbons (Fsp3) is 0.333. The van der Waals surface area contributed by atoms with Crippen LogP contribution in [0.2, 0.25) is 0 Å². The van der Waals surface area contributed by atoms with Crippen LogP contribution in [-0.2, 0) is 17.8 Å². The number of H-pyrrole nitrogens is 1. The van der Waals surface area contributed by atoms with Crippen molar-refractivity contribution in [3.8, 4) is 11.5 Å². The van der Waals surface area contributed by atoms with Crippen molar-refractivity contribution in [2.45, 2.75) is 32.5 Å². The van der Waals surface area contributed by atoms with E-state index in [2.05, 4.69) is 29.0 Å². The molecule has 3 aromatic rings. The van der Waals surface area contributed by atoms with E-state index in [4.69, 9.17) is 14.9 Å². The van der Waals surface area contributed by atoms with Gasteiger partial charge in [0.05, 0.1) is 23.9 Å². The van der Waals surface area contributed by atoms with Crippen molar-refractivity contribution >= 4 is 29.3 Å². The molecule has 0 amide bonds. The highest BCUT2D eigenvalue weighted by Gasteiger charge is 2.32. The molecule has 0 unspecified atom stereocenters. The third kappa shape index (κ3) is 2.15. The molecule has 0 radical (unpaired) electrons. The van der Waals surface area contributed by atoms with Gasteiger partial charge in [0.15, 0.2) is 11.4 Å². The first-order valence-corrected chi connectivity index (χ1v) is 6.88. The summed E-state index contributed by atoms with van der Waals surface area (Å²) in [5, 5.41) is 7.92. The van der Waals surface area contributed by atoms with Crippen LogP contribution in [0, 0.1) is 0 Å². The topological polar surface area (TPSA) is 90.0 Å². The molecule has 4 heterocycles. The van der Waals surface area contributed by atoms with Gasteiger partial charge in [0.1, 0.15) is 11.5 Å². The first-order valence-electron chi connectivity index (χ1n) is 6.88. The molecule has 0 spiro atoms. The smallest absolute Gasteiger partial charge is 0.184 e. The van der Waals surface area contributed by atoms with E-state index >= 15 is 0 Å². The Morgan fingerprint density at radius 2 is 2.14 bits per heavy atom. The number of fused-ring (bicyclic) bond motifs is 3. The first-order chi connectivity index (χ1) is 10.1. The van der Waals surface area contributed by atoms with E-state index in [9.17, 15) is 0 Å². The van der Waals surface area contributed by atoms with Crippen molar-refractivity contribution in [2.24, 2.45) is 0 Å². The number of ether oxygens (including phenoxy) is 1. The highest BCUT2D eigenvalue weighted by molar-refractivity contribution is 5.92. The summed E-state index contributed by atoms with van der Waals surface area (Å²) in [6.07, 6.45) is 2.40. The molecule has 22 heavy (non-hydrogen) atoms. The highest BCUT2D eigenvalue weighted by atomic mass is 35.5. The van der Waals surface area contributed by atoms with E-state index in [0.717, 1.165) is 34.4 Å². The lowest BCUT2D eigenvalue weighted by atomic mass is 9.89. The number of nitrogens with two attached hydrogens (primary N) is 1. The third-order valence-corrected chi connectivity index (χ3v) is 3.91. The molecule has 3 aromatic heterocycles. The summed E-state index contributed by atoms with van der Waals surface area (Å²) in [5.74, 6) is 1.27.